The molecule has 3 rings (SSSR count). The van der Waals surface area contributed by atoms with Gasteiger partial charge >= 0.3 is 29.7 Å². The van der Waals surface area contributed by atoms with Gasteiger partial charge in [0.05, 0.1) is 0 Å². The van der Waals surface area contributed by atoms with Crippen molar-refractivity contribution in [2.75, 3.05) is 0 Å². The first kappa shape index (κ1) is 14.3. The number of allylic oxidation sites excluding steroid dienone is 1. The molecule has 1 aliphatic rings. The Kier molecular flexibility index (Phi) is 5.66. The predicted octanol–water partition coefficient (Wildman–Crippen LogP) is 4.71. The molecule has 2 aromatic carbocycles. The fourth-order valence-electron chi connectivity index (χ4n) is 2.32. The molecule has 1 aliphatic carbocycles. The molecule has 0 N–H and O–H groups in total. The van der Waals surface area contributed by atoms with E-state index >= 15 is 0 Å². The zero-order valence-corrected chi connectivity index (χ0v) is 12.9. The molecule has 0 amide bonds. The summed E-state index contributed by atoms with van der Waals surface area (Å²) >= 11 is -2.77. The zero-order valence-electron chi connectivity index (χ0n) is 10.4. The standard InChI is InChI=1S/C16H14.2FH.Zr/c1-2-6-13(7-3-1)10-14-11-15-8-4-5-9-16(15)12-14;;;/h1-9,11H,10,12H2;2*1H;/q;;;+2/p-2. The third kappa shape index (κ3) is 4.21. The second-order valence-corrected chi connectivity index (χ2v) is 4.76. The number of hydrogen-bond donors (Lipinski definition) is 0. The molecular formula is C16H14F2Zr. The van der Waals surface area contributed by atoms with Crippen LogP contribution in [-0.2, 0) is 37.3 Å². The number of benzene rings is 2. The molecule has 0 unspecified atom stereocenters. The SMILES string of the molecule is C1=C(Cc2ccccc2)Cc2ccccc21.[F][Zr][F]. The van der Waals surface area contributed by atoms with E-state index in [4.69, 9.17) is 0 Å². The molecule has 0 atom stereocenters. The molecule has 2 aromatic rings. The van der Waals surface area contributed by atoms with Crippen LogP contribution in [0.4, 0.5) is 5.25 Å². The first-order chi connectivity index (χ1) is 9.33. The van der Waals surface area contributed by atoms with Crippen LogP contribution in [0.2, 0.25) is 0 Å². The Hall–Kier alpha value is -1.08. The second kappa shape index (κ2) is 7.50. The molecule has 0 aromatic heterocycles. The minimum atomic E-state index is -2.77. The van der Waals surface area contributed by atoms with Crippen molar-refractivity contribution in [3.05, 3.63) is 76.9 Å². The van der Waals surface area contributed by atoms with Crippen LogP contribution in [0.3, 0.4) is 0 Å². The fourth-order valence-corrected chi connectivity index (χ4v) is 2.32. The second-order valence-electron chi connectivity index (χ2n) is 4.41. The van der Waals surface area contributed by atoms with Gasteiger partial charge in [0.2, 0.25) is 0 Å². The van der Waals surface area contributed by atoms with E-state index in [2.05, 4.69) is 60.7 Å². The van der Waals surface area contributed by atoms with E-state index in [9.17, 15) is 5.25 Å². The van der Waals surface area contributed by atoms with E-state index in [0.717, 1.165) is 12.8 Å². The van der Waals surface area contributed by atoms with Gasteiger partial charge in [0, 0.05) is 0 Å². The van der Waals surface area contributed by atoms with Crippen molar-refractivity contribution in [1.29, 1.82) is 0 Å². The summed E-state index contributed by atoms with van der Waals surface area (Å²) in [6.45, 7) is 0. The third-order valence-corrected chi connectivity index (χ3v) is 3.11. The maximum atomic E-state index is 9.80. The van der Waals surface area contributed by atoms with Crippen molar-refractivity contribution in [2.24, 2.45) is 0 Å². The quantitative estimate of drug-likeness (QED) is 0.746. The number of rotatable bonds is 2. The van der Waals surface area contributed by atoms with Crippen LogP contribution in [0, 0.1) is 0 Å². The Bertz CT molecular complexity index is 550. The zero-order chi connectivity index (χ0) is 13.5. The summed E-state index contributed by atoms with van der Waals surface area (Å²) < 4.78 is 19.6. The molecule has 0 radical (unpaired) electrons. The van der Waals surface area contributed by atoms with Crippen LogP contribution in [0.25, 0.3) is 6.08 Å². The Morgan fingerprint density at radius 2 is 1.53 bits per heavy atom. The molecule has 96 valence electrons. The third-order valence-electron chi connectivity index (χ3n) is 3.11. The molecule has 0 bridgehead atoms. The van der Waals surface area contributed by atoms with Crippen LogP contribution in [0.5, 0.6) is 0 Å². The average Bonchev–Trinajstić information content (AvgIpc) is 2.83. The van der Waals surface area contributed by atoms with Gasteiger partial charge in [-0.1, -0.05) is 66.2 Å². The van der Waals surface area contributed by atoms with Crippen LogP contribution in [0.1, 0.15) is 16.7 Å². The van der Waals surface area contributed by atoms with Crippen molar-refractivity contribution >= 4 is 6.08 Å². The van der Waals surface area contributed by atoms with Crippen molar-refractivity contribution in [2.45, 2.75) is 12.8 Å². The van der Waals surface area contributed by atoms with Gasteiger partial charge < -0.3 is 0 Å². The molecule has 0 aliphatic heterocycles. The normalized spacial score (nSPS) is 12.0. The van der Waals surface area contributed by atoms with E-state index in [-0.39, 0.29) is 0 Å². The van der Waals surface area contributed by atoms with E-state index in [1.165, 1.54) is 22.3 Å². The average molecular weight is 336 g/mol. The van der Waals surface area contributed by atoms with Crippen molar-refractivity contribution in [3.8, 4) is 0 Å². The van der Waals surface area contributed by atoms with Gasteiger partial charge in [0.1, 0.15) is 0 Å². The van der Waals surface area contributed by atoms with Gasteiger partial charge in [0.25, 0.3) is 0 Å². The Morgan fingerprint density at radius 3 is 2.21 bits per heavy atom. The molecule has 0 fully saturated rings. The molecule has 0 saturated carbocycles. The van der Waals surface area contributed by atoms with E-state index in [0.29, 0.717) is 0 Å². The van der Waals surface area contributed by atoms with Gasteiger partial charge in [-0.3, -0.25) is 0 Å². The molecule has 0 spiro atoms. The van der Waals surface area contributed by atoms with Gasteiger partial charge in [-0.15, -0.1) is 0 Å². The Labute approximate surface area is 125 Å². The predicted molar refractivity (Wildman–Crippen MR) is 70.5 cm³/mol. The summed E-state index contributed by atoms with van der Waals surface area (Å²) in [7, 11) is 0. The summed E-state index contributed by atoms with van der Waals surface area (Å²) in [6, 6.07) is 19.3. The van der Waals surface area contributed by atoms with Crippen molar-refractivity contribution in [3.63, 3.8) is 0 Å². The molecule has 0 saturated heterocycles. The van der Waals surface area contributed by atoms with Crippen LogP contribution in [0.15, 0.2) is 60.2 Å². The monoisotopic (exact) mass is 334 g/mol. The first-order valence-electron chi connectivity index (χ1n) is 6.11. The van der Waals surface area contributed by atoms with E-state index in [1.54, 1.807) is 0 Å². The van der Waals surface area contributed by atoms with Crippen molar-refractivity contribution in [1.82, 2.24) is 0 Å². The molecule has 0 heterocycles. The molecule has 0 nitrogen and oxygen atoms in total. The van der Waals surface area contributed by atoms with Gasteiger partial charge in [-0.2, -0.15) is 0 Å². The fraction of sp³-hybridized carbons (Fsp3) is 0.125. The summed E-state index contributed by atoms with van der Waals surface area (Å²) in [5.41, 5.74) is 5.79. The molecular weight excluding hydrogens is 321 g/mol. The molecule has 3 heteroatoms. The Balaban J connectivity index is 0.000000408. The minimum absolute atomic E-state index is 1.08. The van der Waals surface area contributed by atoms with Crippen LogP contribution >= 0.6 is 0 Å². The van der Waals surface area contributed by atoms with Gasteiger partial charge in [-0.05, 0) is 29.5 Å². The van der Waals surface area contributed by atoms with Crippen molar-refractivity contribution < 1.29 is 29.7 Å². The summed E-state index contributed by atoms with van der Waals surface area (Å²) in [5.74, 6) is 0. The first-order valence-corrected chi connectivity index (χ1v) is 7.97. The summed E-state index contributed by atoms with van der Waals surface area (Å²) in [5, 5.41) is 0. The number of halogens is 2. The van der Waals surface area contributed by atoms with Gasteiger partial charge in [-0.25, -0.2) is 0 Å². The van der Waals surface area contributed by atoms with Gasteiger partial charge in [0.15, 0.2) is 0 Å². The topological polar surface area (TPSA) is 0 Å². The van der Waals surface area contributed by atoms with Crippen LogP contribution in [-0.4, -0.2) is 0 Å². The van der Waals surface area contributed by atoms with E-state index in [1.807, 2.05) is 0 Å². The summed E-state index contributed by atoms with van der Waals surface area (Å²) in [6.07, 6.45) is 4.53. The van der Waals surface area contributed by atoms with Crippen LogP contribution < -0.4 is 0 Å². The Morgan fingerprint density at radius 1 is 0.895 bits per heavy atom. The maximum absolute atomic E-state index is 9.80. The summed E-state index contributed by atoms with van der Waals surface area (Å²) in [4.78, 5) is 0. The molecule has 19 heavy (non-hydrogen) atoms. The number of hydrogen-bond acceptors (Lipinski definition) is 0. The van der Waals surface area contributed by atoms with E-state index < -0.39 is 24.5 Å². The number of fused-ring (bicyclic) bond motifs is 1.